The summed E-state index contributed by atoms with van der Waals surface area (Å²) < 4.78 is 0. The van der Waals surface area contributed by atoms with Gasteiger partial charge in [-0.1, -0.05) is 34.1 Å². The Hall–Kier alpha value is -3.48. The van der Waals surface area contributed by atoms with Gasteiger partial charge in [0.1, 0.15) is 18.1 Å². The number of hydrogen-bond donors (Lipinski definition) is 7. The van der Waals surface area contributed by atoms with Crippen LogP contribution in [0.5, 0.6) is 0 Å². The summed E-state index contributed by atoms with van der Waals surface area (Å²) in [5, 5.41) is 25.9. The van der Waals surface area contributed by atoms with Gasteiger partial charge in [0.15, 0.2) is 0 Å². The number of carbonyl (C=O) groups excluding carboxylic acids is 3. The van der Waals surface area contributed by atoms with Crippen molar-refractivity contribution in [2.24, 2.45) is 17.6 Å². The van der Waals surface area contributed by atoms with Gasteiger partial charge in [0, 0.05) is 18.3 Å². The maximum absolute atomic E-state index is 13.2. The smallest absolute Gasteiger partial charge is 0.326 e. The van der Waals surface area contributed by atoms with Crippen molar-refractivity contribution in [3.63, 3.8) is 0 Å². The van der Waals surface area contributed by atoms with Crippen LogP contribution in [0, 0.1) is 11.8 Å². The fourth-order valence-electron chi connectivity index (χ4n) is 3.30. The van der Waals surface area contributed by atoms with Crippen LogP contribution in [0.3, 0.4) is 0 Å². The third-order valence-electron chi connectivity index (χ3n) is 5.46. The molecule has 13 nitrogen and oxygen atoms in total. The zero-order chi connectivity index (χ0) is 26.7. The van der Waals surface area contributed by atoms with Crippen molar-refractivity contribution in [1.29, 1.82) is 0 Å². The molecule has 0 aliphatic carbocycles. The number of nitrogens with one attached hydrogen (secondary N) is 4. The monoisotopic (exact) mass is 496 g/mol. The Labute approximate surface area is 203 Å². The molecule has 5 unspecified atom stereocenters. The van der Waals surface area contributed by atoms with Gasteiger partial charge in [-0.25, -0.2) is 9.78 Å². The molecule has 8 N–H and O–H groups in total. The third-order valence-corrected chi connectivity index (χ3v) is 5.46. The number of rotatable bonds is 15. The molecule has 0 bridgehead atoms. The zero-order valence-corrected chi connectivity index (χ0v) is 20.4. The molecule has 0 fully saturated rings. The second-order valence-electron chi connectivity index (χ2n) is 8.95. The summed E-state index contributed by atoms with van der Waals surface area (Å²) in [7, 11) is 0. The molecule has 0 spiro atoms. The van der Waals surface area contributed by atoms with Crippen LogP contribution in [0.15, 0.2) is 12.5 Å². The topological polar surface area (TPSA) is 217 Å². The number of amides is 3. The first kappa shape index (κ1) is 29.6. The second kappa shape index (κ2) is 14.0. The van der Waals surface area contributed by atoms with E-state index >= 15 is 0 Å². The van der Waals surface area contributed by atoms with Crippen LogP contribution in [-0.4, -0.2) is 74.0 Å². The molecule has 13 heteroatoms. The number of aromatic amines is 1. The van der Waals surface area contributed by atoms with Crippen LogP contribution in [0.2, 0.25) is 0 Å². The molecule has 0 saturated heterocycles. The maximum Gasteiger partial charge on any atom is 0.326 e. The molecular weight excluding hydrogens is 460 g/mol. The van der Waals surface area contributed by atoms with Gasteiger partial charge in [0.05, 0.1) is 18.8 Å². The quantitative estimate of drug-likeness (QED) is 0.164. The first-order valence-corrected chi connectivity index (χ1v) is 11.4. The summed E-state index contributed by atoms with van der Waals surface area (Å²) >= 11 is 0. The van der Waals surface area contributed by atoms with Crippen LogP contribution in [-0.2, 0) is 30.4 Å². The van der Waals surface area contributed by atoms with Crippen LogP contribution in [0.25, 0.3) is 0 Å². The average Bonchev–Trinajstić information content (AvgIpc) is 3.27. The second-order valence-corrected chi connectivity index (χ2v) is 8.95. The molecule has 0 aliphatic rings. The number of nitrogens with two attached hydrogens (primary N) is 1. The van der Waals surface area contributed by atoms with Gasteiger partial charge in [-0.2, -0.15) is 0 Å². The van der Waals surface area contributed by atoms with Gasteiger partial charge >= 0.3 is 11.9 Å². The third kappa shape index (κ3) is 10.1. The molecule has 0 radical (unpaired) electrons. The molecule has 1 aromatic heterocycles. The van der Waals surface area contributed by atoms with Crippen molar-refractivity contribution < 1.29 is 34.2 Å². The van der Waals surface area contributed by atoms with E-state index < -0.39 is 60.2 Å². The number of H-pyrrole nitrogens is 1. The Morgan fingerprint density at radius 3 is 2.11 bits per heavy atom. The van der Waals surface area contributed by atoms with Crippen molar-refractivity contribution in [3.8, 4) is 0 Å². The van der Waals surface area contributed by atoms with Gasteiger partial charge < -0.3 is 36.9 Å². The molecule has 196 valence electrons. The molecular formula is C22H36N6O7. The summed E-state index contributed by atoms with van der Waals surface area (Å²) in [6.07, 6.45) is 2.89. The van der Waals surface area contributed by atoms with Crippen LogP contribution < -0.4 is 21.7 Å². The maximum atomic E-state index is 13.2. The van der Waals surface area contributed by atoms with Crippen molar-refractivity contribution in [2.75, 3.05) is 0 Å². The summed E-state index contributed by atoms with van der Waals surface area (Å²) in [6.45, 7) is 7.20. The van der Waals surface area contributed by atoms with E-state index in [1.165, 1.54) is 12.5 Å². The van der Waals surface area contributed by atoms with Gasteiger partial charge in [-0.05, 0) is 18.3 Å². The lowest BCUT2D eigenvalue weighted by atomic mass is 9.96. The average molecular weight is 497 g/mol. The molecule has 1 aromatic rings. The van der Waals surface area contributed by atoms with Gasteiger partial charge in [0.2, 0.25) is 17.7 Å². The van der Waals surface area contributed by atoms with E-state index in [0.29, 0.717) is 12.1 Å². The van der Waals surface area contributed by atoms with Gasteiger partial charge in [-0.3, -0.25) is 19.2 Å². The number of carboxylic acid groups (broad SMARTS) is 2. The van der Waals surface area contributed by atoms with Crippen molar-refractivity contribution in [3.05, 3.63) is 18.2 Å². The lowest BCUT2D eigenvalue weighted by molar-refractivity contribution is -0.143. The van der Waals surface area contributed by atoms with E-state index in [9.17, 15) is 29.1 Å². The molecule has 5 atom stereocenters. The molecule has 0 aromatic carbocycles. The molecule has 3 amide bonds. The highest BCUT2D eigenvalue weighted by molar-refractivity contribution is 5.95. The highest BCUT2D eigenvalue weighted by Gasteiger charge is 2.33. The lowest BCUT2D eigenvalue weighted by Crippen LogP contribution is -2.59. The summed E-state index contributed by atoms with van der Waals surface area (Å²) in [6, 6.07) is -4.78. The number of carbonyl (C=O) groups is 5. The summed E-state index contributed by atoms with van der Waals surface area (Å²) in [5.74, 6) is -5.02. The summed E-state index contributed by atoms with van der Waals surface area (Å²) in [4.78, 5) is 67.7. The number of hydrogen-bond acceptors (Lipinski definition) is 7. The highest BCUT2D eigenvalue weighted by Crippen LogP contribution is 2.12. The fourth-order valence-corrected chi connectivity index (χ4v) is 3.30. The number of aliphatic carboxylic acids is 2. The van der Waals surface area contributed by atoms with Crippen molar-refractivity contribution >= 4 is 29.7 Å². The number of imidazole rings is 1. The van der Waals surface area contributed by atoms with E-state index in [1.807, 2.05) is 20.8 Å². The number of carboxylic acids is 2. The first-order chi connectivity index (χ1) is 16.3. The fraction of sp³-hybridized carbons (Fsp3) is 0.636. The minimum absolute atomic E-state index is 0.0112. The number of nitrogens with zero attached hydrogens (tertiary/aromatic N) is 1. The highest BCUT2D eigenvalue weighted by atomic mass is 16.4. The molecule has 0 saturated carbocycles. The summed E-state index contributed by atoms with van der Waals surface area (Å²) in [5.41, 5.74) is 6.12. The predicted octanol–water partition coefficient (Wildman–Crippen LogP) is -0.615. The van der Waals surface area contributed by atoms with Crippen LogP contribution in [0.4, 0.5) is 0 Å². The van der Waals surface area contributed by atoms with Crippen molar-refractivity contribution in [2.45, 2.75) is 77.5 Å². The van der Waals surface area contributed by atoms with Gasteiger partial charge in [0.25, 0.3) is 0 Å². The van der Waals surface area contributed by atoms with E-state index in [4.69, 9.17) is 10.8 Å². The first-order valence-electron chi connectivity index (χ1n) is 11.4. The Balaban J connectivity index is 3.08. The zero-order valence-electron chi connectivity index (χ0n) is 20.4. The minimum atomic E-state index is -1.38. The normalized spacial score (nSPS) is 15.4. The number of aromatic nitrogens is 2. The molecule has 1 rings (SSSR count). The Bertz CT molecular complexity index is 874. The SMILES string of the molecule is CCC(C)C(NC(=O)C(Cc1cnc[nH]1)NC(=O)C(N)CC(=O)O)C(=O)NC(CC(C)C)C(=O)O. The Morgan fingerprint density at radius 1 is 1.00 bits per heavy atom. The van der Waals surface area contributed by atoms with Crippen molar-refractivity contribution in [1.82, 2.24) is 25.9 Å². The molecule has 35 heavy (non-hydrogen) atoms. The van der Waals surface area contributed by atoms with Gasteiger partial charge in [-0.15, -0.1) is 0 Å². The predicted molar refractivity (Wildman–Crippen MR) is 125 cm³/mol. The minimum Gasteiger partial charge on any atom is -0.481 e. The Kier molecular flexibility index (Phi) is 11.9. The largest absolute Gasteiger partial charge is 0.481 e. The molecule has 1 heterocycles. The van der Waals surface area contributed by atoms with E-state index in [1.54, 1.807) is 6.92 Å². The lowest BCUT2D eigenvalue weighted by Gasteiger charge is -2.28. The standard InChI is InChI=1S/C22H36N6O7/c1-5-12(4)18(21(33)27-16(22(34)35)6-11(2)3)28-20(32)15(7-13-9-24-10-25-13)26-19(31)14(23)8-17(29)30/h9-12,14-16,18H,5-8,23H2,1-4H3,(H,24,25)(H,26,31)(H,27,33)(H,28,32)(H,29,30)(H,34,35). The van der Waals surface area contributed by atoms with E-state index in [0.717, 1.165) is 0 Å². The van der Waals surface area contributed by atoms with Crippen LogP contribution >= 0.6 is 0 Å². The molecule has 0 aliphatic heterocycles. The Morgan fingerprint density at radius 2 is 1.63 bits per heavy atom. The van der Waals surface area contributed by atoms with E-state index in [2.05, 4.69) is 25.9 Å². The van der Waals surface area contributed by atoms with Crippen LogP contribution in [0.1, 0.15) is 52.7 Å². The van der Waals surface area contributed by atoms with E-state index in [-0.39, 0.29) is 24.7 Å².